The normalized spacial score (nSPS) is 10.3. The second-order valence-corrected chi connectivity index (χ2v) is 5.38. The highest BCUT2D eigenvalue weighted by molar-refractivity contribution is 6.32. The van der Waals surface area contributed by atoms with Gasteiger partial charge in [0, 0.05) is 0 Å². The van der Waals surface area contributed by atoms with Gasteiger partial charge in [-0.15, -0.1) is 0 Å². The predicted molar refractivity (Wildman–Crippen MR) is 88.5 cm³/mol. The molecule has 6 heteroatoms. The molecule has 0 fully saturated rings. The molecule has 0 spiro atoms. The van der Waals surface area contributed by atoms with E-state index >= 15 is 0 Å². The van der Waals surface area contributed by atoms with Crippen molar-refractivity contribution < 1.29 is 14.2 Å². The Morgan fingerprint density at radius 1 is 0.652 bits per heavy atom. The van der Waals surface area contributed by atoms with Crippen molar-refractivity contribution in [3.63, 3.8) is 0 Å². The fourth-order valence-electron chi connectivity index (χ4n) is 1.89. The van der Waals surface area contributed by atoms with Crippen LogP contribution in [0.3, 0.4) is 0 Å². The standard InChI is InChI=1S/C17H11Cl2NO3/c18-12-6-1-3-8-14(12)22-16-10-5-11-17(20(16)21)23-15-9-4-2-7-13(15)19/h1-11H. The Hall–Kier alpha value is -2.43. The Balaban J connectivity index is 1.90. The number of benzene rings is 2. The Kier molecular flexibility index (Phi) is 4.55. The van der Waals surface area contributed by atoms with Crippen LogP contribution in [-0.4, -0.2) is 0 Å². The largest absolute Gasteiger partial charge is 0.613 e. The first-order chi connectivity index (χ1) is 11.1. The molecule has 0 aliphatic heterocycles. The van der Waals surface area contributed by atoms with Crippen LogP contribution in [0, 0.1) is 5.21 Å². The number of nitrogens with zero attached hydrogens (tertiary/aromatic N) is 1. The summed E-state index contributed by atoms with van der Waals surface area (Å²) in [6.07, 6.45) is 0. The molecule has 0 atom stereocenters. The molecule has 1 aromatic heterocycles. The quantitative estimate of drug-likeness (QED) is 0.480. The van der Waals surface area contributed by atoms with E-state index in [-0.39, 0.29) is 11.8 Å². The van der Waals surface area contributed by atoms with Crippen LogP contribution in [0.2, 0.25) is 10.0 Å². The molecule has 0 aliphatic carbocycles. The summed E-state index contributed by atoms with van der Waals surface area (Å²) in [6, 6.07) is 18.5. The van der Waals surface area contributed by atoms with Gasteiger partial charge in [0.1, 0.15) is 0 Å². The molecule has 4 nitrogen and oxygen atoms in total. The van der Waals surface area contributed by atoms with Gasteiger partial charge in [0.25, 0.3) is 0 Å². The number of rotatable bonds is 4. The molecular weight excluding hydrogens is 337 g/mol. The highest BCUT2D eigenvalue weighted by atomic mass is 35.5. The molecule has 0 unspecified atom stereocenters. The summed E-state index contributed by atoms with van der Waals surface area (Å²) < 4.78 is 11.6. The summed E-state index contributed by atoms with van der Waals surface area (Å²) in [7, 11) is 0. The van der Waals surface area contributed by atoms with Crippen LogP contribution in [0.15, 0.2) is 66.7 Å². The van der Waals surface area contributed by atoms with E-state index in [1.807, 2.05) is 0 Å². The van der Waals surface area contributed by atoms with Gasteiger partial charge >= 0.3 is 11.8 Å². The smallest absolute Gasteiger partial charge is 0.388 e. The second kappa shape index (κ2) is 6.77. The number of hydrogen-bond acceptors (Lipinski definition) is 3. The Labute approximate surface area is 143 Å². The van der Waals surface area contributed by atoms with E-state index in [1.54, 1.807) is 54.6 Å². The SMILES string of the molecule is [O-][n+]1c(Oc2ccccc2Cl)cccc1Oc1ccccc1Cl. The zero-order chi connectivity index (χ0) is 16.2. The molecule has 0 amide bonds. The molecule has 0 saturated carbocycles. The first kappa shape index (κ1) is 15.5. The summed E-state index contributed by atoms with van der Waals surface area (Å²) in [5, 5.41) is 13.2. The van der Waals surface area contributed by atoms with Crippen LogP contribution in [0.1, 0.15) is 0 Å². The van der Waals surface area contributed by atoms with Gasteiger partial charge < -0.3 is 14.7 Å². The van der Waals surface area contributed by atoms with Crippen LogP contribution in [0.25, 0.3) is 0 Å². The molecule has 3 rings (SSSR count). The average Bonchev–Trinajstić information content (AvgIpc) is 2.55. The summed E-state index contributed by atoms with van der Waals surface area (Å²) in [6.45, 7) is 0. The minimum absolute atomic E-state index is 0.0441. The molecular formula is C17H11Cl2NO3. The Bertz CT molecular complexity index is 774. The van der Waals surface area contributed by atoms with Gasteiger partial charge in [-0.1, -0.05) is 52.2 Å². The number of hydrogen-bond donors (Lipinski definition) is 0. The first-order valence-corrected chi connectivity index (χ1v) is 7.48. The zero-order valence-electron chi connectivity index (χ0n) is 11.8. The summed E-state index contributed by atoms with van der Waals surface area (Å²) in [5.74, 6) is 0.854. The van der Waals surface area contributed by atoms with Gasteiger partial charge in [0.05, 0.1) is 22.2 Å². The molecule has 1 heterocycles. The molecule has 0 bridgehead atoms. The summed E-state index contributed by atoms with van der Waals surface area (Å²) in [4.78, 5) is 0. The predicted octanol–water partition coefficient (Wildman–Crippen LogP) is 5.21. The van der Waals surface area contributed by atoms with E-state index in [9.17, 15) is 5.21 Å². The van der Waals surface area contributed by atoms with E-state index in [2.05, 4.69) is 0 Å². The molecule has 0 saturated heterocycles. The van der Waals surface area contributed by atoms with E-state index in [0.29, 0.717) is 26.3 Å². The summed E-state index contributed by atoms with van der Waals surface area (Å²) >= 11 is 12.1. The van der Waals surface area contributed by atoms with Crippen molar-refractivity contribution in [2.45, 2.75) is 0 Å². The highest BCUT2D eigenvalue weighted by Crippen LogP contribution is 2.30. The second-order valence-electron chi connectivity index (χ2n) is 4.56. The third kappa shape index (κ3) is 3.50. The van der Waals surface area contributed by atoms with Gasteiger partial charge in [0.2, 0.25) is 0 Å². The van der Waals surface area contributed by atoms with E-state index in [0.717, 1.165) is 0 Å². The zero-order valence-corrected chi connectivity index (χ0v) is 13.3. The van der Waals surface area contributed by atoms with Crippen molar-refractivity contribution in [2.75, 3.05) is 0 Å². The maximum absolute atomic E-state index is 12.4. The maximum Gasteiger partial charge on any atom is 0.388 e. The van der Waals surface area contributed by atoms with E-state index < -0.39 is 0 Å². The van der Waals surface area contributed by atoms with Crippen molar-refractivity contribution in [1.29, 1.82) is 0 Å². The molecule has 2 aromatic carbocycles. The third-order valence-corrected chi connectivity index (χ3v) is 3.60. The lowest BCUT2D eigenvalue weighted by Crippen LogP contribution is -2.29. The third-order valence-electron chi connectivity index (χ3n) is 2.98. The van der Waals surface area contributed by atoms with Crippen LogP contribution in [0.5, 0.6) is 23.3 Å². The van der Waals surface area contributed by atoms with Crippen molar-refractivity contribution in [3.8, 4) is 23.3 Å². The maximum atomic E-state index is 12.4. The van der Waals surface area contributed by atoms with E-state index in [4.69, 9.17) is 32.7 Å². The topological polar surface area (TPSA) is 45.4 Å². The molecule has 116 valence electrons. The van der Waals surface area contributed by atoms with Crippen molar-refractivity contribution in [3.05, 3.63) is 82.0 Å². The van der Waals surface area contributed by atoms with Crippen LogP contribution >= 0.6 is 23.2 Å². The van der Waals surface area contributed by atoms with Crippen LogP contribution < -0.4 is 14.2 Å². The molecule has 3 aromatic rings. The molecule has 23 heavy (non-hydrogen) atoms. The molecule has 0 radical (unpaired) electrons. The van der Waals surface area contributed by atoms with Gasteiger partial charge in [0.15, 0.2) is 11.5 Å². The number of ether oxygens (including phenoxy) is 2. The fraction of sp³-hybridized carbons (Fsp3) is 0. The van der Waals surface area contributed by atoms with Gasteiger partial charge in [-0.2, -0.15) is 0 Å². The lowest BCUT2D eigenvalue weighted by molar-refractivity contribution is -0.616. The minimum atomic E-state index is 0.0441. The lowest BCUT2D eigenvalue weighted by atomic mass is 10.3. The minimum Gasteiger partial charge on any atom is -0.613 e. The van der Waals surface area contributed by atoms with Crippen LogP contribution in [0.4, 0.5) is 0 Å². The highest BCUT2D eigenvalue weighted by Gasteiger charge is 2.17. The van der Waals surface area contributed by atoms with Gasteiger partial charge in [-0.05, 0) is 30.3 Å². The van der Waals surface area contributed by atoms with Crippen molar-refractivity contribution in [2.24, 2.45) is 0 Å². The van der Waals surface area contributed by atoms with Gasteiger partial charge in [-0.25, -0.2) is 0 Å². The fourth-order valence-corrected chi connectivity index (χ4v) is 2.24. The number of pyridine rings is 1. The van der Waals surface area contributed by atoms with Crippen LogP contribution in [-0.2, 0) is 0 Å². The molecule has 0 N–H and O–H groups in total. The lowest BCUT2D eigenvalue weighted by Gasteiger charge is -2.11. The number of halogens is 2. The average molecular weight is 348 g/mol. The first-order valence-electron chi connectivity index (χ1n) is 6.72. The Morgan fingerprint density at radius 2 is 1.09 bits per heavy atom. The molecule has 0 aliphatic rings. The van der Waals surface area contributed by atoms with E-state index in [1.165, 1.54) is 12.1 Å². The number of aromatic nitrogens is 1. The Morgan fingerprint density at radius 3 is 1.52 bits per heavy atom. The summed E-state index contributed by atoms with van der Waals surface area (Å²) in [5.41, 5.74) is 0. The van der Waals surface area contributed by atoms with Crippen molar-refractivity contribution in [1.82, 2.24) is 0 Å². The van der Waals surface area contributed by atoms with Crippen molar-refractivity contribution >= 4 is 23.2 Å². The monoisotopic (exact) mass is 347 g/mol. The van der Waals surface area contributed by atoms with Gasteiger partial charge in [-0.3, -0.25) is 0 Å². The number of para-hydroxylation sites is 2.